The van der Waals surface area contributed by atoms with Crippen LogP contribution in [0.5, 0.6) is 5.75 Å². The van der Waals surface area contributed by atoms with Crippen LogP contribution in [0.2, 0.25) is 0 Å². The minimum atomic E-state index is 0.830. The predicted octanol–water partition coefficient (Wildman–Crippen LogP) is 2.93. The fourth-order valence-corrected chi connectivity index (χ4v) is 2.56. The van der Waals surface area contributed by atoms with Gasteiger partial charge < -0.3 is 10.1 Å². The Bertz CT molecular complexity index is 325. The number of thioether (sulfide) groups is 1. The van der Waals surface area contributed by atoms with Gasteiger partial charge in [0, 0.05) is 10.9 Å². The Kier molecular flexibility index (Phi) is 4.55. The molecule has 0 aliphatic heterocycles. The van der Waals surface area contributed by atoms with E-state index in [4.69, 9.17) is 4.74 Å². The summed E-state index contributed by atoms with van der Waals surface area (Å²) >= 11 is 1.88. The van der Waals surface area contributed by atoms with Crippen molar-refractivity contribution in [3.8, 4) is 5.75 Å². The van der Waals surface area contributed by atoms with Gasteiger partial charge in [0.05, 0.1) is 7.11 Å². The van der Waals surface area contributed by atoms with Gasteiger partial charge in [0.25, 0.3) is 0 Å². The van der Waals surface area contributed by atoms with E-state index in [0.29, 0.717) is 0 Å². The number of rotatable bonds is 7. The smallest absolute Gasteiger partial charge is 0.132 e. The molecule has 0 aromatic heterocycles. The zero-order chi connectivity index (χ0) is 11.2. The van der Waals surface area contributed by atoms with E-state index < -0.39 is 0 Å². The third kappa shape index (κ3) is 3.72. The monoisotopic (exact) mass is 237 g/mol. The molecule has 0 atom stereocenters. The molecule has 1 aromatic rings. The highest BCUT2D eigenvalue weighted by atomic mass is 32.2. The van der Waals surface area contributed by atoms with Crippen molar-refractivity contribution >= 4 is 11.8 Å². The first-order valence-electron chi connectivity index (χ1n) is 5.89. The fraction of sp³-hybridized carbons (Fsp3) is 0.538. The highest BCUT2D eigenvalue weighted by molar-refractivity contribution is 7.99. The van der Waals surface area contributed by atoms with Crippen LogP contribution in [0, 0.1) is 0 Å². The summed E-state index contributed by atoms with van der Waals surface area (Å²) in [4.78, 5) is 1.25. The molecule has 0 bridgehead atoms. The van der Waals surface area contributed by atoms with E-state index in [-0.39, 0.29) is 0 Å². The molecule has 1 aromatic carbocycles. The van der Waals surface area contributed by atoms with Crippen LogP contribution in [0.4, 0.5) is 0 Å². The van der Waals surface area contributed by atoms with Gasteiger partial charge in [-0.25, -0.2) is 0 Å². The summed E-state index contributed by atoms with van der Waals surface area (Å²) in [6.45, 7) is 1.15. The van der Waals surface area contributed by atoms with Gasteiger partial charge in [0.2, 0.25) is 0 Å². The molecular weight excluding hydrogens is 218 g/mol. The lowest BCUT2D eigenvalue weighted by Gasteiger charge is -2.07. The molecule has 2 nitrogen and oxygen atoms in total. The number of hydrogen-bond acceptors (Lipinski definition) is 3. The van der Waals surface area contributed by atoms with Gasteiger partial charge in [0.15, 0.2) is 0 Å². The molecule has 16 heavy (non-hydrogen) atoms. The lowest BCUT2D eigenvalue weighted by Crippen LogP contribution is -2.17. The van der Waals surface area contributed by atoms with Gasteiger partial charge in [-0.15, -0.1) is 11.8 Å². The predicted molar refractivity (Wildman–Crippen MR) is 69.4 cm³/mol. The van der Waals surface area contributed by atoms with Crippen LogP contribution in [-0.4, -0.2) is 25.4 Å². The molecule has 1 saturated carbocycles. The molecule has 1 aliphatic rings. The van der Waals surface area contributed by atoms with E-state index in [1.165, 1.54) is 24.2 Å². The average molecular weight is 237 g/mol. The Morgan fingerprint density at radius 1 is 1.38 bits per heavy atom. The zero-order valence-electron chi connectivity index (χ0n) is 9.74. The molecule has 2 rings (SSSR count). The topological polar surface area (TPSA) is 21.3 Å². The maximum atomic E-state index is 5.31. The fourth-order valence-electron chi connectivity index (χ4n) is 1.59. The Morgan fingerprint density at radius 2 is 2.19 bits per heavy atom. The van der Waals surface area contributed by atoms with Crippen molar-refractivity contribution in [3.05, 3.63) is 24.3 Å². The van der Waals surface area contributed by atoms with Crippen LogP contribution >= 0.6 is 11.8 Å². The summed E-state index contributed by atoms with van der Waals surface area (Å²) in [7, 11) is 1.73. The number of hydrogen-bond donors (Lipinski definition) is 1. The Balaban J connectivity index is 1.67. The van der Waals surface area contributed by atoms with E-state index in [1.807, 2.05) is 23.9 Å². The number of ether oxygens (including phenoxy) is 1. The third-order valence-electron chi connectivity index (χ3n) is 2.66. The Morgan fingerprint density at radius 3 is 2.94 bits per heavy atom. The van der Waals surface area contributed by atoms with Gasteiger partial charge in [-0.05, 0) is 43.7 Å². The van der Waals surface area contributed by atoms with Crippen LogP contribution in [-0.2, 0) is 0 Å². The highest BCUT2D eigenvalue weighted by Gasteiger charge is 2.19. The normalized spacial score (nSPS) is 15.1. The molecule has 3 heteroatoms. The summed E-state index contributed by atoms with van der Waals surface area (Å²) in [5.74, 6) is 2.14. The quantitative estimate of drug-likeness (QED) is 0.582. The largest absolute Gasteiger partial charge is 0.496 e. The maximum absolute atomic E-state index is 5.31. The van der Waals surface area contributed by atoms with Gasteiger partial charge in [-0.1, -0.05) is 12.1 Å². The standard InChI is InChI=1S/C13H19NOS/c1-15-12-5-2-3-6-13(12)16-10-4-9-14-11-7-8-11/h2-3,5-6,11,14H,4,7-10H2,1H3. The van der Waals surface area contributed by atoms with Crippen molar-refractivity contribution in [2.45, 2.75) is 30.2 Å². The molecule has 0 unspecified atom stereocenters. The van der Waals surface area contributed by atoms with Crippen LogP contribution in [0.15, 0.2) is 29.2 Å². The first kappa shape index (κ1) is 11.8. The van der Waals surface area contributed by atoms with E-state index in [0.717, 1.165) is 24.1 Å². The van der Waals surface area contributed by atoms with Crippen LogP contribution in [0.1, 0.15) is 19.3 Å². The molecule has 88 valence electrons. The van der Waals surface area contributed by atoms with Gasteiger partial charge >= 0.3 is 0 Å². The number of benzene rings is 1. The molecule has 0 saturated heterocycles. The van der Waals surface area contributed by atoms with Crippen molar-refractivity contribution in [1.29, 1.82) is 0 Å². The number of methoxy groups -OCH3 is 1. The first-order chi connectivity index (χ1) is 7.90. The summed E-state index contributed by atoms with van der Waals surface area (Å²) in [6, 6.07) is 9.05. The van der Waals surface area contributed by atoms with Gasteiger partial charge in [-0.3, -0.25) is 0 Å². The van der Waals surface area contributed by atoms with Crippen LogP contribution in [0.25, 0.3) is 0 Å². The molecule has 1 N–H and O–H groups in total. The summed E-state index contributed by atoms with van der Waals surface area (Å²) in [5.41, 5.74) is 0. The number of nitrogens with one attached hydrogen (secondary N) is 1. The van der Waals surface area contributed by atoms with E-state index >= 15 is 0 Å². The maximum Gasteiger partial charge on any atom is 0.132 e. The summed E-state index contributed by atoms with van der Waals surface area (Å²) in [6.07, 6.45) is 3.97. The van der Waals surface area contributed by atoms with E-state index in [9.17, 15) is 0 Å². The second kappa shape index (κ2) is 6.16. The van der Waals surface area contributed by atoms with Crippen molar-refractivity contribution < 1.29 is 4.74 Å². The number of para-hydroxylation sites is 1. The molecule has 0 radical (unpaired) electrons. The van der Waals surface area contributed by atoms with Gasteiger partial charge in [-0.2, -0.15) is 0 Å². The van der Waals surface area contributed by atoms with Crippen LogP contribution in [0.3, 0.4) is 0 Å². The van der Waals surface area contributed by atoms with Crippen molar-refractivity contribution in [2.24, 2.45) is 0 Å². The molecular formula is C13H19NOS. The molecule has 1 aliphatic carbocycles. The second-order valence-corrected chi connectivity index (χ2v) is 5.22. The third-order valence-corrected chi connectivity index (χ3v) is 3.80. The molecule has 0 spiro atoms. The lowest BCUT2D eigenvalue weighted by molar-refractivity contribution is 0.405. The minimum absolute atomic E-state index is 0.830. The van der Waals surface area contributed by atoms with Crippen LogP contribution < -0.4 is 10.1 Å². The van der Waals surface area contributed by atoms with Crippen molar-refractivity contribution in [2.75, 3.05) is 19.4 Å². The summed E-state index contributed by atoms with van der Waals surface area (Å²) in [5, 5.41) is 3.53. The summed E-state index contributed by atoms with van der Waals surface area (Å²) < 4.78 is 5.31. The van der Waals surface area contributed by atoms with E-state index in [1.54, 1.807) is 7.11 Å². The molecule has 0 amide bonds. The highest BCUT2D eigenvalue weighted by Crippen LogP contribution is 2.28. The molecule has 0 heterocycles. The Labute approximate surface area is 102 Å². The minimum Gasteiger partial charge on any atom is -0.496 e. The zero-order valence-corrected chi connectivity index (χ0v) is 10.6. The lowest BCUT2D eigenvalue weighted by atomic mass is 10.3. The second-order valence-electron chi connectivity index (χ2n) is 4.08. The molecule has 1 fully saturated rings. The average Bonchev–Trinajstić information content (AvgIpc) is 3.13. The van der Waals surface area contributed by atoms with Crippen molar-refractivity contribution in [3.63, 3.8) is 0 Å². The first-order valence-corrected chi connectivity index (χ1v) is 6.88. The SMILES string of the molecule is COc1ccccc1SCCCNC1CC1. The Hall–Kier alpha value is -0.670. The van der Waals surface area contributed by atoms with Gasteiger partial charge in [0.1, 0.15) is 5.75 Å². The van der Waals surface area contributed by atoms with Crippen molar-refractivity contribution in [1.82, 2.24) is 5.32 Å². The van der Waals surface area contributed by atoms with E-state index in [2.05, 4.69) is 17.4 Å².